The lowest BCUT2D eigenvalue weighted by atomic mass is 9.88. The van der Waals surface area contributed by atoms with E-state index in [4.69, 9.17) is 5.73 Å². The molecule has 0 aromatic carbocycles. The summed E-state index contributed by atoms with van der Waals surface area (Å²) >= 11 is 0. The summed E-state index contributed by atoms with van der Waals surface area (Å²) in [6.45, 7) is 7.64. The molecule has 0 amide bonds. The van der Waals surface area contributed by atoms with E-state index in [0.29, 0.717) is 6.04 Å². The van der Waals surface area contributed by atoms with E-state index < -0.39 is 0 Å². The van der Waals surface area contributed by atoms with Crippen molar-refractivity contribution in [1.29, 1.82) is 0 Å². The first-order chi connectivity index (χ1) is 8.15. The summed E-state index contributed by atoms with van der Waals surface area (Å²) in [5.74, 6) is 0.951. The van der Waals surface area contributed by atoms with Gasteiger partial charge in [0.25, 0.3) is 0 Å². The third-order valence-corrected chi connectivity index (χ3v) is 4.55. The molecule has 17 heavy (non-hydrogen) atoms. The van der Waals surface area contributed by atoms with Crippen molar-refractivity contribution in [3.63, 3.8) is 0 Å². The van der Waals surface area contributed by atoms with Gasteiger partial charge in [-0.3, -0.25) is 0 Å². The minimum Gasteiger partial charge on any atom is -0.329 e. The van der Waals surface area contributed by atoms with Crippen LogP contribution < -0.4 is 11.1 Å². The first kappa shape index (κ1) is 15.0. The largest absolute Gasteiger partial charge is 0.329 e. The summed E-state index contributed by atoms with van der Waals surface area (Å²) in [7, 11) is 0. The van der Waals surface area contributed by atoms with Crippen molar-refractivity contribution >= 4 is 0 Å². The van der Waals surface area contributed by atoms with Crippen LogP contribution in [0.5, 0.6) is 0 Å². The molecule has 1 aliphatic carbocycles. The van der Waals surface area contributed by atoms with Gasteiger partial charge in [-0.05, 0) is 38.5 Å². The molecule has 3 atom stereocenters. The van der Waals surface area contributed by atoms with Gasteiger partial charge in [-0.1, -0.05) is 39.5 Å². The van der Waals surface area contributed by atoms with Crippen LogP contribution in [0.3, 0.4) is 0 Å². The van der Waals surface area contributed by atoms with Gasteiger partial charge in [0.1, 0.15) is 0 Å². The summed E-state index contributed by atoms with van der Waals surface area (Å²) in [6, 6.07) is 0.598. The van der Waals surface area contributed by atoms with Crippen LogP contribution in [0.15, 0.2) is 0 Å². The minimum atomic E-state index is 0.234. The molecule has 0 aromatic rings. The third-order valence-electron chi connectivity index (χ3n) is 4.55. The molecule has 0 aliphatic heterocycles. The predicted octanol–water partition coefficient (Wildman–Crippen LogP) is 3.45. The number of rotatable bonds is 6. The van der Waals surface area contributed by atoms with Crippen LogP contribution in [-0.2, 0) is 0 Å². The Morgan fingerprint density at radius 1 is 1.29 bits per heavy atom. The van der Waals surface area contributed by atoms with E-state index in [2.05, 4.69) is 26.1 Å². The van der Waals surface area contributed by atoms with Crippen molar-refractivity contribution in [1.82, 2.24) is 5.32 Å². The quantitative estimate of drug-likeness (QED) is 0.698. The average Bonchev–Trinajstić information content (AvgIpc) is 2.53. The fourth-order valence-corrected chi connectivity index (χ4v) is 3.21. The summed E-state index contributed by atoms with van der Waals surface area (Å²) in [4.78, 5) is 0. The standard InChI is InChI=1S/C15H32N2/c1-4-7-14-8-6-10-15(12-16,11-9-14)17-13(3)5-2/h13-14,17H,4-12,16H2,1-3H3. The highest BCUT2D eigenvalue weighted by Crippen LogP contribution is 2.32. The van der Waals surface area contributed by atoms with Gasteiger partial charge < -0.3 is 11.1 Å². The van der Waals surface area contributed by atoms with E-state index in [1.807, 2.05) is 0 Å². The molecule has 0 heterocycles. The monoisotopic (exact) mass is 240 g/mol. The topological polar surface area (TPSA) is 38.0 Å². The molecule has 0 spiro atoms. The molecule has 3 unspecified atom stereocenters. The van der Waals surface area contributed by atoms with Crippen LogP contribution in [-0.4, -0.2) is 18.1 Å². The van der Waals surface area contributed by atoms with Crippen molar-refractivity contribution in [2.75, 3.05) is 6.54 Å². The molecule has 0 aromatic heterocycles. The first-order valence-electron chi connectivity index (χ1n) is 7.63. The summed E-state index contributed by atoms with van der Waals surface area (Å²) < 4.78 is 0. The molecule has 102 valence electrons. The summed E-state index contributed by atoms with van der Waals surface area (Å²) in [5, 5.41) is 3.81. The lowest BCUT2D eigenvalue weighted by molar-refractivity contribution is 0.257. The van der Waals surface area contributed by atoms with Crippen LogP contribution in [0.25, 0.3) is 0 Å². The molecule has 2 nitrogen and oxygen atoms in total. The van der Waals surface area contributed by atoms with E-state index >= 15 is 0 Å². The van der Waals surface area contributed by atoms with Gasteiger partial charge in [0.15, 0.2) is 0 Å². The zero-order valence-electron chi connectivity index (χ0n) is 12.1. The maximum atomic E-state index is 6.07. The van der Waals surface area contributed by atoms with Crippen LogP contribution in [0.1, 0.15) is 72.1 Å². The Hall–Kier alpha value is -0.0800. The van der Waals surface area contributed by atoms with Gasteiger partial charge >= 0.3 is 0 Å². The highest BCUT2D eigenvalue weighted by atomic mass is 15.0. The first-order valence-corrected chi connectivity index (χ1v) is 7.63. The zero-order valence-corrected chi connectivity index (χ0v) is 12.1. The Morgan fingerprint density at radius 2 is 2.06 bits per heavy atom. The van der Waals surface area contributed by atoms with Crippen molar-refractivity contribution in [2.24, 2.45) is 11.7 Å². The van der Waals surface area contributed by atoms with Gasteiger partial charge in [-0.2, -0.15) is 0 Å². The summed E-state index contributed by atoms with van der Waals surface area (Å²) in [6.07, 6.45) is 10.6. The van der Waals surface area contributed by atoms with Gasteiger partial charge in [0.2, 0.25) is 0 Å². The van der Waals surface area contributed by atoms with Crippen molar-refractivity contribution < 1.29 is 0 Å². The second-order valence-corrected chi connectivity index (χ2v) is 6.02. The van der Waals surface area contributed by atoms with Crippen molar-refractivity contribution in [3.8, 4) is 0 Å². The SMILES string of the molecule is CCCC1CCCC(CN)(NC(C)CC)CC1. The van der Waals surface area contributed by atoms with Gasteiger partial charge in [0, 0.05) is 18.1 Å². The second-order valence-electron chi connectivity index (χ2n) is 6.02. The normalized spacial score (nSPS) is 32.1. The second kappa shape index (κ2) is 7.38. The van der Waals surface area contributed by atoms with Gasteiger partial charge in [0.05, 0.1) is 0 Å². The Labute approximate surface area is 108 Å². The average molecular weight is 240 g/mol. The van der Waals surface area contributed by atoms with Crippen LogP contribution in [0, 0.1) is 5.92 Å². The minimum absolute atomic E-state index is 0.234. The Kier molecular flexibility index (Phi) is 6.50. The molecule has 3 N–H and O–H groups in total. The fourth-order valence-electron chi connectivity index (χ4n) is 3.21. The Morgan fingerprint density at radius 3 is 2.65 bits per heavy atom. The van der Waals surface area contributed by atoms with E-state index in [-0.39, 0.29) is 5.54 Å². The molecule has 0 bridgehead atoms. The number of hydrogen-bond donors (Lipinski definition) is 2. The molecule has 0 saturated heterocycles. The van der Waals surface area contributed by atoms with E-state index in [1.54, 1.807) is 0 Å². The van der Waals surface area contributed by atoms with Crippen LogP contribution in [0.4, 0.5) is 0 Å². The molecular formula is C15H32N2. The third kappa shape index (κ3) is 4.59. The lowest BCUT2D eigenvalue weighted by Crippen LogP contribution is -2.54. The number of nitrogens with one attached hydrogen (secondary N) is 1. The van der Waals surface area contributed by atoms with E-state index in [9.17, 15) is 0 Å². The van der Waals surface area contributed by atoms with E-state index in [0.717, 1.165) is 12.5 Å². The Bertz CT molecular complexity index is 205. The highest BCUT2D eigenvalue weighted by Gasteiger charge is 2.32. The molecular weight excluding hydrogens is 208 g/mol. The fraction of sp³-hybridized carbons (Fsp3) is 1.00. The maximum Gasteiger partial charge on any atom is 0.0306 e. The molecule has 2 heteroatoms. The molecule has 1 rings (SSSR count). The number of nitrogens with two attached hydrogens (primary N) is 1. The molecule has 0 radical (unpaired) electrons. The van der Waals surface area contributed by atoms with E-state index in [1.165, 1.54) is 51.4 Å². The maximum absolute atomic E-state index is 6.07. The molecule has 1 saturated carbocycles. The molecule has 1 fully saturated rings. The van der Waals surface area contributed by atoms with Crippen molar-refractivity contribution in [2.45, 2.75) is 83.7 Å². The lowest BCUT2D eigenvalue weighted by Gasteiger charge is -2.36. The smallest absolute Gasteiger partial charge is 0.0306 e. The molecule has 1 aliphatic rings. The van der Waals surface area contributed by atoms with Crippen molar-refractivity contribution in [3.05, 3.63) is 0 Å². The zero-order chi connectivity index (χ0) is 12.7. The van der Waals surface area contributed by atoms with Crippen LogP contribution in [0.2, 0.25) is 0 Å². The number of hydrogen-bond acceptors (Lipinski definition) is 2. The van der Waals surface area contributed by atoms with Gasteiger partial charge in [-0.25, -0.2) is 0 Å². The predicted molar refractivity (Wildman–Crippen MR) is 76.2 cm³/mol. The van der Waals surface area contributed by atoms with Gasteiger partial charge in [-0.15, -0.1) is 0 Å². The van der Waals surface area contributed by atoms with Crippen LogP contribution >= 0.6 is 0 Å². The Balaban J connectivity index is 2.54. The summed E-state index contributed by atoms with van der Waals surface area (Å²) in [5.41, 5.74) is 6.30. The highest BCUT2D eigenvalue weighted by molar-refractivity contribution is 4.93.